The maximum absolute atomic E-state index is 9.83. The molecule has 3 N–H and O–H groups in total. The van der Waals surface area contributed by atoms with Gasteiger partial charge in [-0.3, -0.25) is 0 Å². The molecule has 0 spiro atoms. The fourth-order valence-electron chi connectivity index (χ4n) is 2.34. The van der Waals surface area contributed by atoms with Crippen molar-refractivity contribution in [3.05, 3.63) is 35.4 Å². The second-order valence-corrected chi connectivity index (χ2v) is 4.83. The van der Waals surface area contributed by atoms with E-state index in [1.807, 2.05) is 12.1 Å². The van der Waals surface area contributed by atoms with Gasteiger partial charge >= 0.3 is 0 Å². The predicted octanol–water partition coefficient (Wildman–Crippen LogP) is 0.710. The molecule has 5 heteroatoms. The Hall–Kier alpha value is -1.40. The van der Waals surface area contributed by atoms with Gasteiger partial charge in [0.2, 0.25) is 0 Å². The van der Waals surface area contributed by atoms with Crippen LogP contribution in [0.3, 0.4) is 0 Å². The number of aliphatic hydroxyl groups is 3. The van der Waals surface area contributed by atoms with E-state index in [2.05, 4.69) is 0 Å². The van der Waals surface area contributed by atoms with Crippen molar-refractivity contribution < 1.29 is 24.8 Å². The van der Waals surface area contributed by atoms with Gasteiger partial charge in [0, 0.05) is 5.56 Å². The molecule has 0 aromatic heterocycles. The lowest BCUT2D eigenvalue weighted by Gasteiger charge is -2.12. The molecule has 0 radical (unpaired) electrons. The van der Waals surface area contributed by atoms with Gasteiger partial charge in [-0.2, -0.15) is 0 Å². The summed E-state index contributed by atoms with van der Waals surface area (Å²) in [7, 11) is 1.55. The molecule has 1 heterocycles. The molecule has 0 amide bonds. The normalized spacial score (nSPS) is 30.1. The van der Waals surface area contributed by atoms with Crippen LogP contribution in [-0.2, 0) is 11.3 Å². The molecule has 2 unspecified atom stereocenters. The highest BCUT2D eigenvalue weighted by molar-refractivity contribution is 5.58. The quantitative estimate of drug-likeness (QED) is 0.757. The fraction of sp³-hybridized carbons (Fsp3) is 0.467. The van der Waals surface area contributed by atoms with Crippen molar-refractivity contribution in [3.63, 3.8) is 0 Å². The lowest BCUT2D eigenvalue weighted by molar-refractivity contribution is 0.0316. The van der Waals surface area contributed by atoms with Crippen molar-refractivity contribution in [2.75, 3.05) is 7.11 Å². The smallest absolute Gasteiger partial charge is 0.124 e. The van der Waals surface area contributed by atoms with Crippen LogP contribution in [0.5, 0.6) is 5.75 Å². The van der Waals surface area contributed by atoms with Crippen LogP contribution in [-0.4, -0.2) is 46.8 Å². The summed E-state index contributed by atoms with van der Waals surface area (Å²) < 4.78 is 10.6. The first-order chi connectivity index (χ1) is 9.58. The van der Waals surface area contributed by atoms with Crippen LogP contribution < -0.4 is 4.74 Å². The van der Waals surface area contributed by atoms with Crippen molar-refractivity contribution in [1.82, 2.24) is 0 Å². The molecule has 1 aliphatic heterocycles. The molecule has 1 saturated heterocycles. The van der Waals surface area contributed by atoms with Gasteiger partial charge < -0.3 is 24.8 Å². The molecular formula is C15H20O5. The highest BCUT2D eigenvalue weighted by Crippen LogP contribution is 2.26. The Morgan fingerprint density at radius 1 is 1.30 bits per heavy atom. The zero-order chi connectivity index (χ0) is 14.7. The SMILES string of the molecule is COc1cccc(/C=C/[C@H]2O[C@@H](C)C(O)C2O)c1CO. The molecular weight excluding hydrogens is 260 g/mol. The largest absolute Gasteiger partial charge is 0.496 e. The van der Waals surface area contributed by atoms with Gasteiger partial charge in [0.05, 0.1) is 19.8 Å². The second kappa shape index (κ2) is 6.37. The Kier molecular flexibility index (Phi) is 4.77. The minimum atomic E-state index is -0.940. The van der Waals surface area contributed by atoms with E-state index in [1.165, 1.54) is 0 Å². The summed E-state index contributed by atoms with van der Waals surface area (Å²) in [5.74, 6) is 0.607. The first-order valence-corrected chi connectivity index (χ1v) is 6.55. The van der Waals surface area contributed by atoms with Gasteiger partial charge in [-0.15, -0.1) is 0 Å². The van der Waals surface area contributed by atoms with E-state index in [-0.39, 0.29) is 6.61 Å². The zero-order valence-corrected chi connectivity index (χ0v) is 11.6. The molecule has 4 atom stereocenters. The standard InChI is InChI=1S/C15H20O5/c1-9-14(17)15(18)13(20-9)7-6-10-4-3-5-12(19-2)11(10)8-16/h3-7,9,13-18H,8H2,1-2H3/b7-6+/t9-,13+,14?,15?/m0/s1. The summed E-state index contributed by atoms with van der Waals surface area (Å²) in [4.78, 5) is 0. The number of rotatable bonds is 4. The summed E-state index contributed by atoms with van der Waals surface area (Å²) in [5, 5.41) is 28.9. The van der Waals surface area contributed by atoms with Gasteiger partial charge in [0.15, 0.2) is 0 Å². The third-order valence-electron chi connectivity index (χ3n) is 3.55. The Morgan fingerprint density at radius 2 is 2.05 bits per heavy atom. The van der Waals surface area contributed by atoms with E-state index in [0.29, 0.717) is 11.3 Å². The number of methoxy groups -OCH3 is 1. The average molecular weight is 280 g/mol. The molecule has 2 rings (SSSR count). The zero-order valence-electron chi connectivity index (χ0n) is 11.6. The van der Waals surface area contributed by atoms with Crippen LogP contribution >= 0.6 is 0 Å². The van der Waals surface area contributed by atoms with Crippen LogP contribution in [0.2, 0.25) is 0 Å². The Morgan fingerprint density at radius 3 is 2.60 bits per heavy atom. The summed E-state index contributed by atoms with van der Waals surface area (Å²) in [6, 6.07) is 5.43. The molecule has 110 valence electrons. The lowest BCUT2D eigenvalue weighted by atomic mass is 10.0. The number of ether oxygens (including phenoxy) is 2. The molecule has 0 saturated carbocycles. The van der Waals surface area contributed by atoms with Crippen LogP contribution in [0.4, 0.5) is 0 Å². The highest BCUT2D eigenvalue weighted by atomic mass is 16.5. The van der Waals surface area contributed by atoms with Crippen molar-refractivity contribution in [1.29, 1.82) is 0 Å². The van der Waals surface area contributed by atoms with E-state index in [9.17, 15) is 15.3 Å². The summed E-state index contributed by atoms with van der Waals surface area (Å²) >= 11 is 0. The van der Waals surface area contributed by atoms with Gasteiger partial charge in [0.1, 0.15) is 24.1 Å². The van der Waals surface area contributed by atoms with Crippen LogP contribution in [0.25, 0.3) is 6.08 Å². The molecule has 0 aliphatic carbocycles. The molecule has 1 aromatic rings. The number of aliphatic hydroxyl groups excluding tert-OH is 3. The third-order valence-corrected chi connectivity index (χ3v) is 3.55. The topological polar surface area (TPSA) is 79.2 Å². The molecule has 1 aliphatic rings. The Labute approximate surface area is 118 Å². The van der Waals surface area contributed by atoms with E-state index in [0.717, 1.165) is 5.56 Å². The monoisotopic (exact) mass is 280 g/mol. The number of hydrogen-bond acceptors (Lipinski definition) is 5. The van der Waals surface area contributed by atoms with Gasteiger partial charge in [-0.1, -0.05) is 24.3 Å². The van der Waals surface area contributed by atoms with Crippen molar-refractivity contribution in [2.45, 2.75) is 37.9 Å². The first kappa shape index (κ1) is 15.0. The minimum absolute atomic E-state index is 0.142. The van der Waals surface area contributed by atoms with Gasteiger partial charge in [0.25, 0.3) is 0 Å². The highest BCUT2D eigenvalue weighted by Gasteiger charge is 2.38. The number of benzene rings is 1. The Balaban J connectivity index is 2.20. The van der Waals surface area contributed by atoms with E-state index in [1.54, 1.807) is 32.3 Å². The maximum Gasteiger partial charge on any atom is 0.124 e. The molecule has 0 bridgehead atoms. The minimum Gasteiger partial charge on any atom is -0.496 e. The summed E-state index contributed by atoms with van der Waals surface area (Å²) in [5.41, 5.74) is 1.46. The molecule has 1 fully saturated rings. The van der Waals surface area contributed by atoms with E-state index < -0.39 is 24.4 Å². The van der Waals surface area contributed by atoms with Gasteiger partial charge in [-0.25, -0.2) is 0 Å². The summed E-state index contributed by atoms with van der Waals surface area (Å²) in [6.45, 7) is 1.57. The van der Waals surface area contributed by atoms with Crippen molar-refractivity contribution >= 4 is 6.08 Å². The predicted molar refractivity (Wildman–Crippen MR) is 74.3 cm³/mol. The summed E-state index contributed by atoms with van der Waals surface area (Å²) in [6.07, 6.45) is 0.662. The third kappa shape index (κ3) is 2.86. The molecule has 5 nitrogen and oxygen atoms in total. The molecule has 1 aromatic carbocycles. The van der Waals surface area contributed by atoms with E-state index in [4.69, 9.17) is 9.47 Å². The maximum atomic E-state index is 9.83. The average Bonchev–Trinajstić information content (AvgIpc) is 2.71. The lowest BCUT2D eigenvalue weighted by Crippen LogP contribution is -2.30. The van der Waals surface area contributed by atoms with Crippen LogP contribution in [0.1, 0.15) is 18.1 Å². The number of hydrogen-bond donors (Lipinski definition) is 3. The first-order valence-electron chi connectivity index (χ1n) is 6.55. The Bertz CT molecular complexity index is 485. The van der Waals surface area contributed by atoms with Gasteiger partial charge in [-0.05, 0) is 18.6 Å². The van der Waals surface area contributed by atoms with Crippen LogP contribution in [0, 0.1) is 0 Å². The molecule has 20 heavy (non-hydrogen) atoms. The second-order valence-electron chi connectivity index (χ2n) is 4.83. The van der Waals surface area contributed by atoms with Crippen molar-refractivity contribution in [3.8, 4) is 5.75 Å². The fourth-order valence-corrected chi connectivity index (χ4v) is 2.34. The van der Waals surface area contributed by atoms with Crippen molar-refractivity contribution in [2.24, 2.45) is 0 Å². The van der Waals surface area contributed by atoms with E-state index >= 15 is 0 Å². The van der Waals surface area contributed by atoms with Crippen LogP contribution in [0.15, 0.2) is 24.3 Å².